The van der Waals surface area contributed by atoms with E-state index in [1.54, 1.807) is 31.8 Å². The summed E-state index contributed by atoms with van der Waals surface area (Å²) in [5, 5.41) is 16.2. The Kier molecular flexibility index (Phi) is 8.35. The van der Waals surface area contributed by atoms with E-state index in [2.05, 4.69) is 36.4 Å². The molecule has 160 valence electrons. The van der Waals surface area contributed by atoms with Gasteiger partial charge in [0.25, 0.3) is 0 Å². The van der Waals surface area contributed by atoms with Crippen LogP contribution in [0, 0.1) is 6.07 Å². The summed E-state index contributed by atoms with van der Waals surface area (Å²) >= 11 is 0. The monoisotopic (exact) mass is 601 g/mol. The van der Waals surface area contributed by atoms with Crippen LogP contribution in [0.5, 0.6) is 5.88 Å². The molecule has 0 spiro atoms. The van der Waals surface area contributed by atoms with E-state index in [9.17, 15) is 0 Å². The van der Waals surface area contributed by atoms with Crippen LogP contribution in [0.25, 0.3) is 33.9 Å². The molecule has 0 saturated heterocycles. The first-order valence-corrected chi connectivity index (χ1v) is 9.50. The zero-order chi connectivity index (χ0) is 21.3. The minimum Gasteiger partial charge on any atom is -0.573 e. The molecule has 0 aliphatic heterocycles. The van der Waals surface area contributed by atoms with Crippen molar-refractivity contribution in [3.05, 3.63) is 97.5 Å². The van der Waals surface area contributed by atoms with E-state index >= 15 is 0 Å². The number of hydrogen-bond acceptors (Lipinski definition) is 6. The Balaban J connectivity index is 0.000000178. The molecule has 7 nitrogen and oxygen atoms in total. The second-order valence-electron chi connectivity index (χ2n) is 6.30. The summed E-state index contributed by atoms with van der Waals surface area (Å²) in [5.41, 5.74) is 5.20. The van der Waals surface area contributed by atoms with Gasteiger partial charge in [0.1, 0.15) is 0 Å². The molecule has 4 aromatic heterocycles. The third kappa shape index (κ3) is 5.92. The first kappa shape index (κ1) is 23.0. The molecule has 4 heterocycles. The molecule has 1 aromatic carbocycles. The van der Waals surface area contributed by atoms with Gasteiger partial charge in [0.2, 0.25) is 5.88 Å². The predicted octanol–water partition coefficient (Wildman–Crippen LogP) is 4.11. The van der Waals surface area contributed by atoms with Crippen molar-refractivity contribution in [2.45, 2.75) is 0 Å². The van der Waals surface area contributed by atoms with E-state index in [1.165, 1.54) is 0 Å². The van der Waals surface area contributed by atoms with Crippen molar-refractivity contribution in [3.8, 4) is 39.8 Å². The smallest absolute Gasteiger partial charge is 0.573 e. The van der Waals surface area contributed by atoms with E-state index in [-0.39, 0.29) is 21.1 Å². The van der Waals surface area contributed by atoms with E-state index in [1.807, 2.05) is 66.7 Å². The molecular formula is C24H18N6OPt. The fourth-order valence-electron chi connectivity index (χ4n) is 2.72. The van der Waals surface area contributed by atoms with Crippen LogP contribution in [0.1, 0.15) is 0 Å². The number of aromatic nitrogens is 6. The standard InChI is InChI=1S/C13H9N4.C11H9N2O.Pt/c1-2-6-15-11(3-1)13-9-12(16-17-13)10-4-7-14-8-5-10;1-14-11-8-7-10(12-13-11)9-5-3-2-4-6-9;/h1-9H;2-5,7-8H,1H3;/q2*-1;+2. The van der Waals surface area contributed by atoms with Crippen LogP contribution in [-0.4, -0.2) is 32.4 Å². The van der Waals surface area contributed by atoms with Crippen molar-refractivity contribution in [1.82, 2.24) is 30.4 Å². The minimum absolute atomic E-state index is 0. The molecule has 5 rings (SSSR count). The van der Waals surface area contributed by atoms with Gasteiger partial charge in [-0.25, -0.2) is 0 Å². The van der Waals surface area contributed by atoms with Crippen LogP contribution in [0.3, 0.4) is 0 Å². The van der Waals surface area contributed by atoms with E-state index < -0.39 is 0 Å². The number of benzene rings is 1. The van der Waals surface area contributed by atoms with Crippen molar-refractivity contribution >= 4 is 0 Å². The summed E-state index contributed by atoms with van der Waals surface area (Å²) in [6.45, 7) is 0. The quantitative estimate of drug-likeness (QED) is 0.287. The first-order valence-electron chi connectivity index (χ1n) is 9.50. The topological polar surface area (TPSA) is 87.8 Å². The molecular weight excluding hydrogens is 583 g/mol. The van der Waals surface area contributed by atoms with Gasteiger partial charge < -0.3 is 14.9 Å². The fraction of sp³-hybridized carbons (Fsp3) is 0.0417. The van der Waals surface area contributed by atoms with Crippen LogP contribution in [-0.2, 0) is 21.1 Å². The van der Waals surface area contributed by atoms with Crippen LogP contribution >= 0.6 is 0 Å². The molecule has 0 unspecified atom stereocenters. The number of nitrogens with zero attached hydrogens (tertiary/aromatic N) is 6. The summed E-state index contributed by atoms with van der Waals surface area (Å²) < 4.78 is 4.92. The van der Waals surface area contributed by atoms with E-state index in [4.69, 9.17) is 4.74 Å². The van der Waals surface area contributed by atoms with Crippen molar-refractivity contribution in [1.29, 1.82) is 0 Å². The van der Waals surface area contributed by atoms with Gasteiger partial charge in [-0.15, -0.1) is 41.0 Å². The Morgan fingerprint density at radius 2 is 1.66 bits per heavy atom. The Morgan fingerprint density at radius 3 is 2.31 bits per heavy atom. The number of methoxy groups -OCH3 is 1. The second kappa shape index (κ2) is 11.6. The van der Waals surface area contributed by atoms with Gasteiger partial charge in [-0.05, 0) is 36.4 Å². The van der Waals surface area contributed by atoms with Gasteiger partial charge in [-0.1, -0.05) is 17.8 Å². The van der Waals surface area contributed by atoms with Gasteiger partial charge in [0.05, 0.1) is 7.11 Å². The Morgan fingerprint density at radius 1 is 0.812 bits per heavy atom. The zero-order valence-electron chi connectivity index (χ0n) is 17.1. The van der Waals surface area contributed by atoms with Gasteiger partial charge in [0.15, 0.2) is 0 Å². The zero-order valence-corrected chi connectivity index (χ0v) is 19.3. The number of pyridine rings is 2. The van der Waals surface area contributed by atoms with Crippen molar-refractivity contribution < 1.29 is 25.8 Å². The molecule has 0 saturated carbocycles. The molecule has 32 heavy (non-hydrogen) atoms. The SMILES string of the molecule is COc1ccc(-c2[c-]cccc2)nn1.[Pt+2].c1ccc(-c2cc(-c3ccncc3)n[n-]2)nc1. The van der Waals surface area contributed by atoms with Gasteiger partial charge in [0, 0.05) is 41.2 Å². The normalized spacial score (nSPS) is 9.78. The summed E-state index contributed by atoms with van der Waals surface area (Å²) in [7, 11) is 1.57. The molecule has 0 amide bonds. The molecule has 5 aromatic rings. The average Bonchev–Trinajstić information content (AvgIpc) is 3.37. The van der Waals surface area contributed by atoms with Gasteiger partial charge in [-0.2, -0.15) is 5.10 Å². The van der Waals surface area contributed by atoms with E-state index in [0.717, 1.165) is 33.9 Å². The van der Waals surface area contributed by atoms with Crippen molar-refractivity contribution in [2.24, 2.45) is 0 Å². The molecule has 0 aliphatic rings. The Hall–Kier alpha value is -3.70. The number of ether oxygens (including phenoxy) is 1. The van der Waals surface area contributed by atoms with Crippen LogP contribution in [0.15, 0.2) is 91.4 Å². The maximum Gasteiger partial charge on any atom is 2.00 e. The molecule has 0 N–H and O–H groups in total. The van der Waals surface area contributed by atoms with Crippen molar-refractivity contribution in [2.75, 3.05) is 7.11 Å². The molecule has 0 fully saturated rings. The largest absolute Gasteiger partial charge is 2.00 e. The van der Waals surface area contributed by atoms with Crippen molar-refractivity contribution in [3.63, 3.8) is 0 Å². The number of rotatable bonds is 4. The molecule has 0 aliphatic carbocycles. The Bertz CT molecular complexity index is 1150. The molecule has 0 bridgehead atoms. The third-order valence-corrected chi connectivity index (χ3v) is 4.28. The second-order valence-corrected chi connectivity index (χ2v) is 6.30. The summed E-state index contributed by atoms with van der Waals surface area (Å²) in [5.74, 6) is 0.518. The minimum atomic E-state index is 0. The maximum absolute atomic E-state index is 4.92. The first-order chi connectivity index (χ1) is 15.3. The predicted molar refractivity (Wildman–Crippen MR) is 117 cm³/mol. The molecule has 8 heteroatoms. The fourth-order valence-corrected chi connectivity index (χ4v) is 2.72. The van der Waals surface area contributed by atoms with Crippen LogP contribution in [0.4, 0.5) is 0 Å². The summed E-state index contributed by atoms with van der Waals surface area (Å²) in [4.78, 5) is 8.22. The Labute approximate surface area is 200 Å². The average molecular weight is 602 g/mol. The van der Waals surface area contributed by atoms with Gasteiger partial charge >= 0.3 is 21.1 Å². The van der Waals surface area contributed by atoms with Crippen LogP contribution in [0.2, 0.25) is 0 Å². The summed E-state index contributed by atoms with van der Waals surface area (Å²) in [6.07, 6.45) is 5.23. The molecule has 0 atom stereocenters. The molecule has 0 radical (unpaired) electrons. The van der Waals surface area contributed by atoms with Gasteiger partial charge in [-0.3, -0.25) is 9.97 Å². The number of hydrogen-bond donors (Lipinski definition) is 0. The van der Waals surface area contributed by atoms with Crippen LogP contribution < -0.4 is 9.84 Å². The third-order valence-electron chi connectivity index (χ3n) is 4.28. The van der Waals surface area contributed by atoms with E-state index in [0.29, 0.717) is 5.88 Å². The maximum atomic E-state index is 4.92. The summed E-state index contributed by atoms with van der Waals surface area (Å²) in [6, 6.07) is 25.8.